The number of nitrogens with one attached hydrogen (secondary N) is 1. The number of nitrogens with zero attached hydrogens (tertiary/aromatic N) is 2. The maximum absolute atomic E-state index is 6.08. The topological polar surface area (TPSA) is 37.8 Å². The molecule has 2 heterocycles. The summed E-state index contributed by atoms with van der Waals surface area (Å²) in [4.78, 5) is 4.07. The molecule has 90 valence electrons. The molecule has 5 heteroatoms. The second kappa shape index (κ2) is 4.92. The third-order valence-corrected chi connectivity index (χ3v) is 3.83. The molecule has 0 aliphatic rings. The minimum atomic E-state index is 0.662. The second-order valence-corrected chi connectivity index (χ2v) is 5.14. The van der Waals surface area contributed by atoms with Crippen molar-refractivity contribution < 1.29 is 0 Å². The van der Waals surface area contributed by atoms with Crippen molar-refractivity contribution in [2.24, 2.45) is 0 Å². The van der Waals surface area contributed by atoms with Crippen LogP contribution in [0.1, 0.15) is 5.56 Å². The lowest BCUT2D eigenvalue weighted by molar-refractivity contribution is 1.11. The van der Waals surface area contributed by atoms with Gasteiger partial charge in [-0.15, -0.1) is 0 Å². The lowest BCUT2D eigenvalue weighted by Gasteiger charge is -2.07. The van der Waals surface area contributed by atoms with Gasteiger partial charge in [0.25, 0.3) is 0 Å². The predicted octanol–water partition coefficient (Wildman–Crippen LogP) is 3.96. The van der Waals surface area contributed by atoms with Gasteiger partial charge in [-0.05, 0) is 35.8 Å². The molecule has 0 bridgehead atoms. The van der Waals surface area contributed by atoms with Crippen LogP contribution in [-0.4, -0.2) is 9.36 Å². The summed E-state index contributed by atoms with van der Waals surface area (Å²) >= 11 is 7.58. The van der Waals surface area contributed by atoms with Crippen molar-refractivity contribution in [3.63, 3.8) is 0 Å². The van der Waals surface area contributed by atoms with Crippen LogP contribution in [0.15, 0.2) is 42.9 Å². The zero-order chi connectivity index (χ0) is 12.4. The van der Waals surface area contributed by atoms with Gasteiger partial charge in [0, 0.05) is 46.8 Å². The van der Waals surface area contributed by atoms with Gasteiger partial charge in [-0.1, -0.05) is 11.6 Å². The first-order chi connectivity index (χ1) is 8.83. The number of pyridine rings is 1. The minimum Gasteiger partial charge on any atom is -0.381 e. The monoisotopic (exact) mass is 275 g/mol. The molecule has 3 aromatic rings. The van der Waals surface area contributed by atoms with Gasteiger partial charge < -0.3 is 5.32 Å². The fraction of sp³-hybridized carbons (Fsp3) is 0.0769. The number of hydrogen-bond acceptors (Lipinski definition) is 4. The van der Waals surface area contributed by atoms with Crippen molar-refractivity contribution in [2.45, 2.75) is 6.54 Å². The maximum Gasteiger partial charge on any atom is 0.0551 e. The molecule has 0 saturated carbocycles. The molecule has 18 heavy (non-hydrogen) atoms. The molecule has 3 rings (SSSR count). The van der Waals surface area contributed by atoms with E-state index in [1.165, 1.54) is 16.2 Å². The Kier molecular flexibility index (Phi) is 3.13. The molecular formula is C13H10ClN3S. The van der Waals surface area contributed by atoms with Crippen molar-refractivity contribution in [3.8, 4) is 0 Å². The number of hydrogen-bond donors (Lipinski definition) is 1. The molecule has 0 radical (unpaired) electrons. The van der Waals surface area contributed by atoms with Crippen molar-refractivity contribution in [2.75, 3.05) is 5.32 Å². The Balaban J connectivity index is 1.78. The van der Waals surface area contributed by atoms with Gasteiger partial charge in [0.05, 0.1) is 4.70 Å². The Morgan fingerprint density at radius 1 is 1.22 bits per heavy atom. The normalized spacial score (nSPS) is 10.7. The highest BCUT2D eigenvalue weighted by Gasteiger charge is 2.01. The zero-order valence-electron chi connectivity index (χ0n) is 9.43. The quantitative estimate of drug-likeness (QED) is 0.786. The van der Waals surface area contributed by atoms with Crippen molar-refractivity contribution in [3.05, 3.63) is 53.4 Å². The fourth-order valence-electron chi connectivity index (χ4n) is 1.72. The first kappa shape index (κ1) is 11.4. The Morgan fingerprint density at radius 2 is 2.17 bits per heavy atom. The largest absolute Gasteiger partial charge is 0.381 e. The first-order valence-corrected chi connectivity index (χ1v) is 6.65. The van der Waals surface area contributed by atoms with Gasteiger partial charge >= 0.3 is 0 Å². The van der Waals surface area contributed by atoms with Gasteiger partial charge in [-0.25, -0.2) is 0 Å². The number of fused-ring (bicyclic) bond motifs is 1. The van der Waals surface area contributed by atoms with Crippen LogP contribution in [-0.2, 0) is 6.54 Å². The molecule has 0 fully saturated rings. The van der Waals surface area contributed by atoms with E-state index in [0.717, 1.165) is 21.7 Å². The van der Waals surface area contributed by atoms with E-state index < -0.39 is 0 Å². The molecule has 0 aliphatic heterocycles. The van der Waals surface area contributed by atoms with Crippen LogP contribution in [0.2, 0.25) is 5.02 Å². The molecule has 0 saturated heterocycles. The third kappa shape index (κ3) is 2.30. The number of halogens is 1. The van der Waals surface area contributed by atoms with Crippen LogP contribution < -0.4 is 5.32 Å². The second-order valence-electron chi connectivity index (χ2n) is 3.90. The molecule has 0 unspecified atom stereocenters. The van der Waals surface area contributed by atoms with Crippen LogP contribution in [0.3, 0.4) is 0 Å². The van der Waals surface area contributed by atoms with Crippen molar-refractivity contribution in [1.82, 2.24) is 9.36 Å². The van der Waals surface area contributed by atoms with Gasteiger partial charge in [-0.3, -0.25) is 4.98 Å². The third-order valence-electron chi connectivity index (χ3n) is 2.68. The molecule has 0 amide bonds. The van der Waals surface area contributed by atoms with E-state index >= 15 is 0 Å². The number of aromatic nitrogens is 2. The first-order valence-electron chi connectivity index (χ1n) is 5.49. The Labute approximate surface area is 114 Å². The summed E-state index contributed by atoms with van der Waals surface area (Å²) < 4.78 is 5.35. The minimum absolute atomic E-state index is 0.662. The predicted molar refractivity (Wildman–Crippen MR) is 76.2 cm³/mol. The highest BCUT2D eigenvalue weighted by Crippen LogP contribution is 2.23. The molecule has 2 aromatic heterocycles. The molecule has 0 atom stereocenters. The summed E-state index contributed by atoms with van der Waals surface area (Å²) in [5.74, 6) is 0. The summed E-state index contributed by atoms with van der Waals surface area (Å²) in [5, 5.41) is 5.22. The molecule has 1 aromatic carbocycles. The summed E-state index contributed by atoms with van der Waals surface area (Å²) in [6, 6.07) is 8.00. The summed E-state index contributed by atoms with van der Waals surface area (Å²) in [5.41, 5.74) is 2.05. The smallest absolute Gasteiger partial charge is 0.0551 e. The zero-order valence-corrected chi connectivity index (χ0v) is 11.0. The average Bonchev–Trinajstić information content (AvgIpc) is 2.85. The standard InChI is InChI=1S/C13H10ClN3S/c14-12-3-4-15-6-10(12)7-16-11-1-2-13-9(5-11)8-17-18-13/h1-6,8,16H,7H2. The molecular weight excluding hydrogens is 266 g/mol. The molecule has 0 aliphatic carbocycles. The van der Waals surface area contributed by atoms with Crippen LogP contribution in [0.5, 0.6) is 0 Å². The summed E-state index contributed by atoms with van der Waals surface area (Å²) in [6.45, 7) is 0.662. The van der Waals surface area contributed by atoms with Crippen LogP contribution in [0.4, 0.5) is 5.69 Å². The van der Waals surface area contributed by atoms with E-state index in [0.29, 0.717) is 6.54 Å². The lowest BCUT2D eigenvalue weighted by atomic mass is 10.2. The summed E-state index contributed by atoms with van der Waals surface area (Å²) in [7, 11) is 0. The molecule has 3 nitrogen and oxygen atoms in total. The van der Waals surface area contributed by atoms with Crippen molar-refractivity contribution >= 4 is 38.9 Å². The van der Waals surface area contributed by atoms with Gasteiger partial charge in [0.15, 0.2) is 0 Å². The Hall–Kier alpha value is -1.65. The van der Waals surface area contributed by atoms with Crippen LogP contribution in [0, 0.1) is 0 Å². The van der Waals surface area contributed by atoms with Gasteiger partial charge in [-0.2, -0.15) is 4.37 Å². The Bertz CT molecular complexity index is 681. The number of anilines is 1. The van der Waals surface area contributed by atoms with E-state index in [1.807, 2.05) is 12.3 Å². The highest BCUT2D eigenvalue weighted by molar-refractivity contribution is 7.13. The van der Waals surface area contributed by atoms with E-state index in [9.17, 15) is 0 Å². The number of rotatable bonds is 3. The van der Waals surface area contributed by atoms with Gasteiger partial charge in [0.2, 0.25) is 0 Å². The average molecular weight is 276 g/mol. The van der Waals surface area contributed by atoms with Crippen LogP contribution >= 0.6 is 23.1 Å². The summed E-state index contributed by atoms with van der Waals surface area (Å²) in [6.07, 6.45) is 5.34. The molecule has 1 N–H and O–H groups in total. The fourth-order valence-corrected chi connectivity index (χ4v) is 2.52. The lowest BCUT2D eigenvalue weighted by Crippen LogP contribution is -2.00. The van der Waals surface area contributed by atoms with Crippen molar-refractivity contribution in [1.29, 1.82) is 0 Å². The van der Waals surface area contributed by atoms with E-state index in [1.54, 1.807) is 18.5 Å². The van der Waals surface area contributed by atoms with E-state index in [-0.39, 0.29) is 0 Å². The highest BCUT2D eigenvalue weighted by atomic mass is 35.5. The van der Waals surface area contributed by atoms with E-state index in [4.69, 9.17) is 11.6 Å². The maximum atomic E-state index is 6.08. The number of benzene rings is 1. The van der Waals surface area contributed by atoms with E-state index in [2.05, 4.69) is 26.8 Å². The van der Waals surface area contributed by atoms with Gasteiger partial charge in [0.1, 0.15) is 0 Å². The SMILES string of the molecule is Clc1ccncc1CNc1ccc2sncc2c1. The molecule has 0 spiro atoms. The van der Waals surface area contributed by atoms with Crippen LogP contribution in [0.25, 0.3) is 10.1 Å². The Morgan fingerprint density at radius 3 is 3.06 bits per heavy atom.